The molecular formula is C34H32I2O4. The van der Waals surface area contributed by atoms with E-state index in [-0.39, 0.29) is 0 Å². The lowest BCUT2D eigenvalue weighted by molar-refractivity contribution is 0.0406. The highest BCUT2D eigenvalue weighted by Gasteiger charge is 2.39. The van der Waals surface area contributed by atoms with Gasteiger partial charge in [-0.05, 0) is 140 Å². The molecule has 0 amide bonds. The van der Waals surface area contributed by atoms with Gasteiger partial charge in [-0.25, -0.2) is 0 Å². The minimum absolute atomic E-state index is 0.644. The lowest BCUT2D eigenvalue weighted by Crippen LogP contribution is -2.34. The number of hydrogen-bond donors (Lipinski definition) is 0. The number of rotatable bonds is 8. The van der Waals surface area contributed by atoms with Crippen LogP contribution in [0.4, 0.5) is 0 Å². The van der Waals surface area contributed by atoms with E-state index in [0.717, 1.165) is 22.3 Å². The van der Waals surface area contributed by atoms with Crippen molar-refractivity contribution in [1.29, 1.82) is 0 Å². The largest absolute Gasteiger partial charge is 0.365 e. The van der Waals surface area contributed by atoms with Gasteiger partial charge in [0, 0.05) is 35.6 Å². The Morgan fingerprint density at radius 3 is 0.700 bits per heavy atom. The van der Waals surface area contributed by atoms with Crippen LogP contribution in [0.3, 0.4) is 0 Å². The molecule has 0 saturated carbocycles. The van der Waals surface area contributed by atoms with Gasteiger partial charge >= 0.3 is 0 Å². The summed E-state index contributed by atoms with van der Waals surface area (Å²) in [5.74, 6) is 0. The highest BCUT2D eigenvalue weighted by Crippen LogP contribution is 2.42. The number of hydrogen-bond acceptors (Lipinski definition) is 4. The Hall–Kier alpha value is -2.08. The number of ether oxygens (including phenoxy) is 4. The second-order valence-corrected chi connectivity index (χ2v) is 12.4. The number of methoxy groups -OCH3 is 4. The van der Waals surface area contributed by atoms with E-state index in [2.05, 4.69) is 167 Å². The first-order chi connectivity index (χ1) is 19.3. The molecule has 0 heterocycles. The summed E-state index contributed by atoms with van der Waals surface area (Å²) in [6.07, 6.45) is 16.6. The Kier molecular flexibility index (Phi) is 8.57. The average Bonchev–Trinajstić information content (AvgIpc) is 3.02. The van der Waals surface area contributed by atoms with Gasteiger partial charge in [0.05, 0.1) is 0 Å². The molecule has 6 heteroatoms. The molecule has 0 saturated heterocycles. The molecule has 4 nitrogen and oxygen atoms in total. The van der Waals surface area contributed by atoms with Crippen LogP contribution in [0.25, 0.3) is 0 Å². The third kappa shape index (κ3) is 5.18. The maximum Gasteiger partial charge on any atom is 0.129 e. The molecule has 0 aromatic heterocycles. The van der Waals surface area contributed by atoms with Gasteiger partial charge in [0.25, 0.3) is 0 Å². The molecule has 2 aliphatic rings. The molecule has 0 bridgehead atoms. The van der Waals surface area contributed by atoms with Gasteiger partial charge in [0.2, 0.25) is 0 Å². The number of benzene rings is 3. The number of halogens is 2. The van der Waals surface area contributed by atoms with Crippen molar-refractivity contribution in [2.24, 2.45) is 0 Å². The molecular weight excluding hydrogens is 726 g/mol. The summed E-state index contributed by atoms with van der Waals surface area (Å²) in [5, 5.41) is 0. The standard InChI is InChI=1S/C34H32I2O4/c1-37-31(17-21-33(39-3,22-18-31)27-9-13-29(35)14-10-27)25-5-7-26(8-6-25)32(38-2)19-23-34(40-4,24-20-32)28-11-15-30(36)16-12-28/h5-24H,1-4H3. The third-order valence-electron chi connectivity index (χ3n) is 8.04. The van der Waals surface area contributed by atoms with Crippen molar-refractivity contribution in [1.82, 2.24) is 0 Å². The van der Waals surface area contributed by atoms with E-state index in [9.17, 15) is 0 Å². The fourth-order valence-corrected chi connectivity index (χ4v) is 6.13. The first-order valence-corrected chi connectivity index (χ1v) is 15.1. The van der Waals surface area contributed by atoms with Crippen LogP contribution in [-0.2, 0) is 41.4 Å². The second kappa shape index (κ2) is 11.7. The van der Waals surface area contributed by atoms with E-state index in [1.54, 1.807) is 28.4 Å². The molecule has 3 aromatic carbocycles. The van der Waals surface area contributed by atoms with Gasteiger partial charge in [-0.3, -0.25) is 0 Å². The van der Waals surface area contributed by atoms with Crippen LogP contribution in [0.1, 0.15) is 22.3 Å². The molecule has 0 radical (unpaired) electrons. The Labute approximate surface area is 264 Å². The highest BCUT2D eigenvalue weighted by atomic mass is 127. The zero-order chi connectivity index (χ0) is 28.4. The molecule has 0 unspecified atom stereocenters. The van der Waals surface area contributed by atoms with E-state index in [4.69, 9.17) is 18.9 Å². The molecule has 5 rings (SSSR count). The molecule has 40 heavy (non-hydrogen) atoms. The molecule has 0 fully saturated rings. The molecule has 3 aromatic rings. The maximum atomic E-state index is 6.09. The summed E-state index contributed by atoms with van der Waals surface area (Å²) < 4.78 is 26.5. The van der Waals surface area contributed by atoms with Crippen molar-refractivity contribution < 1.29 is 18.9 Å². The topological polar surface area (TPSA) is 36.9 Å². The second-order valence-electron chi connectivity index (χ2n) is 9.91. The van der Waals surface area contributed by atoms with Crippen LogP contribution >= 0.6 is 45.2 Å². The lowest BCUT2D eigenvalue weighted by Gasteiger charge is -2.37. The molecule has 2 aliphatic carbocycles. The van der Waals surface area contributed by atoms with Crippen LogP contribution in [0.2, 0.25) is 0 Å². The minimum Gasteiger partial charge on any atom is -0.365 e. The van der Waals surface area contributed by atoms with E-state index >= 15 is 0 Å². The van der Waals surface area contributed by atoms with Gasteiger partial charge in [-0.15, -0.1) is 0 Å². The predicted molar refractivity (Wildman–Crippen MR) is 176 cm³/mol. The average molecular weight is 758 g/mol. The molecule has 0 N–H and O–H groups in total. The SMILES string of the molecule is COC1(c2ccc(I)cc2)C=CC(OC)(c2ccc(C3(OC)C=CC(OC)(c4ccc(I)cc4)C=C3)cc2)C=C1. The van der Waals surface area contributed by atoms with Crippen molar-refractivity contribution in [2.75, 3.05) is 28.4 Å². The van der Waals surface area contributed by atoms with Crippen LogP contribution < -0.4 is 0 Å². The van der Waals surface area contributed by atoms with E-state index < -0.39 is 22.4 Å². The fourth-order valence-electron chi connectivity index (χ4n) is 5.41. The zero-order valence-electron chi connectivity index (χ0n) is 22.9. The molecule has 0 aliphatic heterocycles. The zero-order valence-corrected chi connectivity index (χ0v) is 27.3. The summed E-state index contributed by atoms with van der Waals surface area (Å²) in [4.78, 5) is 0. The van der Waals surface area contributed by atoms with Crippen molar-refractivity contribution in [2.45, 2.75) is 22.4 Å². The molecule has 206 valence electrons. The Morgan fingerprint density at radius 2 is 0.525 bits per heavy atom. The van der Waals surface area contributed by atoms with Crippen molar-refractivity contribution in [3.05, 3.63) is 151 Å². The van der Waals surface area contributed by atoms with Gasteiger partial charge in [0.15, 0.2) is 0 Å². The Balaban J connectivity index is 1.43. The van der Waals surface area contributed by atoms with Gasteiger partial charge in [-0.2, -0.15) is 0 Å². The fraction of sp³-hybridized carbons (Fsp3) is 0.235. The van der Waals surface area contributed by atoms with Crippen molar-refractivity contribution >= 4 is 45.2 Å². The summed E-state index contributed by atoms with van der Waals surface area (Å²) in [7, 11) is 6.91. The molecule has 0 spiro atoms. The van der Waals surface area contributed by atoms with Crippen LogP contribution in [0.15, 0.2) is 121 Å². The van der Waals surface area contributed by atoms with Gasteiger partial charge < -0.3 is 18.9 Å². The van der Waals surface area contributed by atoms with Crippen molar-refractivity contribution in [3.8, 4) is 0 Å². The first-order valence-electron chi connectivity index (χ1n) is 12.9. The van der Waals surface area contributed by atoms with Gasteiger partial charge in [-0.1, -0.05) is 48.5 Å². The van der Waals surface area contributed by atoms with E-state index in [1.807, 2.05) is 0 Å². The molecule has 0 atom stereocenters. The normalized spacial score (nSPS) is 29.1. The van der Waals surface area contributed by atoms with E-state index in [0.29, 0.717) is 0 Å². The first kappa shape index (κ1) is 29.4. The lowest BCUT2D eigenvalue weighted by atomic mass is 9.79. The summed E-state index contributed by atoms with van der Waals surface area (Å²) in [5.41, 5.74) is 1.45. The smallest absolute Gasteiger partial charge is 0.129 e. The summed E-state index contributed by atoms with van der Waals surface area (Å²) >= 11 is 4.62. The van der Waals surface area contributed by atoms with Crippen molar-refractivity contribution in [3.63, 3.8) is 0 Å². The monoisotopic (exact) mass is 758 g/mol. The van der Waals surface area contributed by atoms with E-state index in [1.165, 1.54) is 7.14 Å². The third-order valence-corrected chi connectivity index (χ3v) is 9.48. The Bertz CT molecular complexity index is 1310. The Morgan fingerprint density at radius 1 is 0.350 bits per heavy atom. The van der Waals surface area contributed by atoms with Crippen LogP contribution in [-0.4, -0.2) is 28.4 Å². The predicted octanol–water partition coefficient (Wildman–Crippen LogP) is 7.92. The quantitative estimate of drug-likeness (QED) is 0.173. The van der Waals surface area contributed by atoms with Crippen LogP contribution in [0, 0.1) is 7.14 Å². The van der Waals surface area contributed by atoms with Crippen LogP contribution in [0.5, 0.6) is 0 Å². The minimum atomic E-state index is -0.710. The maximum absolute atomic E-state index is 6.09. The summed E-state index contributed by atoms with van der Waals surface area (Å²) in [6, 6.07) is 25.1. The van der Waals surface area contributed by atoms with Gasteiger partial charge in [0.1, 0.15) is 22.4 Å². The summed E-state index contributed by atoms with van der Waals surface area (Å²) in [6.45, 7) is 0. The highest BCUT2D eigenvalue weighted by molar-refractivity contribution is 14.1.